The molecule has 0 aromatic carbocycles. The Balaban J connectivity index is 2.84. The Morgan fingerprint density at radius 2 is 2.00 bits per heavy atom. The third-order valence-corrected chi connectivity index (χ3v) is 1.86. The van der Waals surface area contributed by atoms with Crippen LogP contribution in [0, 0.1) is 0 Å². The third-order valence-electron chi connectivity index (χ3n) is 1.86. The molecule has 1 atom stereocenters. The van der Waals surface area contributed by atoms with E-state index in [0.29, 0.717) is 0 Å². The lowest BCUT2D eigenvalue weighted by molar-refractivity contribution is 0.0447. The van der Waals surface area contributed by atoms with Gasteiger partial charge in [-0.05, 0) is 26.8 Å². The Hall–Kier alpha value is -2.45. The summed E-state index contributed by atoms with van der Waals surface area (Å²) in [7, 11) is 0. The maximum absolute atomic E-state index is 11.6. The van der Waals surface area contributed by atoms with E-state index in [1.807, 2.05) is 5.32 Å². The normalized spacial score (nSPS) is 21.9. The summed E-state index contributed by atoms with van der Waals surface area (Å²) >= 11 is 0. The highest BCUT2D eigenvalue weighted by molar-refractivity contribution is 5.81. The van der Waals surface area contributed by atoms with Crippen LogP contribution in [0.15, 0.2) is 12.3 Å². The Bertz CT molecular complexity index is 428. The predicted octanol–water partition coefficient (Wildman–Crippen LogP) is 0.259. The number of ether oxygens (including phenoxy) is 1. The van der Waals surface area contributed by atoms with Gasteiger partial charge in [-0.2, -0.15) is 0 Å². The van der Waals surface area contributed by atoms with Crippen LogP contribution in [0.2, 0.25) is 0 Å². The van der Waals surface area contributed by atoms with Crippen LogP contribution in [0.4, 0.5) is 14.4 Å². The van der Waals surface area contributed by atoms with Crippen LogP contribution in [-0.4, -0.2) is 34.7 Å². The quantitative estimate of drug-likeness (QED) is 0.460. The number of carboxylic acid groups (broad SMARTS) is 1. The van der Waals surface area contributed by atoms with Crippen molar-refractivity contribution in [3.8, 4) is 0 Å². The molecule has 106 valence electrons. The first-order valence-electron chi connectivity index (χ1n) is 5.40. The molecule has 0 saturated heterocycles. The standard InChI is InChI=1S/C10H16N4O5/c1-9(2,3)19-8(18)14-10(13-7(16)17)4-5-11-6(15)12-10/h4-5,13H,1-3H3,(H,14,18)(H,16,17)(H2,11,12,15). The van der Waals surface area contributed by atoms with Crippen molar-refractivity contribution in [3.63, 3.8) is 0 Å². The number of carbonyl (C=O) groups excluding carboxylic acids is 2. The first-order chi connectivity index (χ1) is 8.62. The highest BCUT2D eigenvalue weighted by Gasteiger charge is 2.36. The average molecular weight is 272 g/mol. The fourth-order valence-corrected chi connectivity index (χ4v) is 1.31. The Morgan fingerprint density at radius 1 is 1.37 bits per heavy atom. The molecule has 5 N–H and O–H groups in total. The van der Waals surface area contributed by atoms with Crippen molar-refractivity contribution in [1.29, 1.82) is 0 Å². The summed E-state index contributed by atoms with van der Waals surface area (Å²) in [6, 6.07) is -0.674. The molecule has 0 bridgehead atoms. The summed E-state index contributed by atoms with van der Waals surface area (Å²) in [6.07, 6.45) is 0.120. The number of nitrogens with one attached hydrogen (secondary N) is 4. The predicted molar refractivity (Wildman–Crippen MR) is 64.1 cm³/mol. The van der Waals surface area contributed by atoms with E-state index in [4.69, 9.17) is 9.84 Å². The van der Waals surface area contributed by atoms with Gasteiger partial charge in [-0.3, -0.25) is 16.0 Å². The molecule has 0 fully saturated rings. The smallest absolute Gasteiger partial charge is 0.411 e. The fourth-order valence-electron chi connectivity index (χ4n) is 1.31. The zero-order chi connectivity index (χ0) is 14.7. The van der Waals surface area contributed by atoms with Crippen LogP contribution >= 0.6 is 0 Å². The summed E-state index contributed by atoms with van der Waals surface area (Å²) in [4.78, 5) is 33.6. The van der Waals surface area contributed by atoms with Gasteiger partial charge in [0.2, 0.25) is 5.79 Å². The zero-order valence-electron chi connectivity index (χ0n) is 10.7. The van der Waals surface area contributed by atoms with Crippen molar-refractivity contribution in [2.75, 3.05) is 0 Å². The summed E-state index contributed by atoms with van der Waals surface area (Å²) in [5, 5.41) is 17.5. The SMILES string of the molecule is CC(C)(C)OC(=O)NC1(NC(=O)O)C=CNC(=O)N1. The minimum absolute atomic E-state index is 0.674. The van der Waals surface area contributed by atoms with E-state index in [1.165, 1.54) is 12.3 Å². The van der Waals surface area contributed by atoms with E-state index < -0.39 is 29.6 Å². The van der Waals surface area contributed by atoms with Gasteiger partial charge >= 0.3 is 18.2 Å². The number of hydrogen-bond donors (Lipinski definition) is 5. The molecule has 1 aliphatic rings. The number of rotatable bonds is 2. The molecule has 0 aromatic heterocycles. The molecule has 1 rings (SSSR count). The van der Waals surface area contributed by atoms with Gasteiger partial charge in [0, 0.05) is 6.20 Å². The minimum atomic E-state index is -1.75. The highest BCUT2D eigenvalue weighted by atomic mass is 16.6. The van der Waals surface area contributed by atoms with Crippen molar-refractivity contribution in [1.82, 2.24) is 21.3 Å². The molecular weight excluding hydrogens is 256 g/mol. The van der Waals surface area contributed by atoms with Crippen LogP contribution in [0.1, 0.15) is 20.8 Å². The summed E-state index contributed by atoms with van der Waals surface area (Å²) in [5.41, 5.74) is -0.755. The Morgan fingerprint density at radius 3 is 2.47 bits per heavy atom. The zero-order valence-corrected chi connectivity index (χ0v) is 10.7. The van der Waals surface area contributed by atoms with Crippen molar-refractivity contribution >= 4 is 18.2 Å². The lowest BCUT2D eigenvalue weighted by Gasteiger charge is -2.34. The average Bonchev–Trinajstić information content (AvgIpc) is 2.11. The molecule has 9 heteroatoms. The van der Waals surface area contributed by atoms with E-state index in [0.717, 1.165) is 0 Å². The molecule has 1 unspecified atom stereocenters. The lowest BCUT2D eigenvalue weighted by atomic mass is 10.2. The molecule has 19 heavy (non-hydrogen) atoms. The number of amides is 4. The van der Waals surface area contributed by atoms with E-state index in [1.54, 1.807) is 20.8 Å². The maximum Gasteiger partial charge on any atom is 0.411 e. The second kappa shape index (κ2) is 5.04. The summed E-state index contributed by atoms with van der Waals surface area (Å²) in [6.45, 7) is 4.96. The maximum atomic E-state index is 11.6. The van der Waals surface area contributed by atoms with E-state index >= 15 is 0 Å². The largest absolute Gasteiger partial charge is 0.465 e. The van der Waals surface area contributed by atoms with E-state index in [9.17, 15) is 14.4 Å². The molecule has 4 amide bonds. The Kier molecular flexibility index (Phi) is 3.88. The number of carbonyl (C=O) groups is 3. The second-order valence-electron chi connectivity index (χ2n) is 4.80. The number of alkyl carbamates (subject to hydrolysis) is 1. The summed E-state index contributed by atoms with van der Waals surface area (Å²) < 4.78 is 4.99. The fraction of sp³-hybridized carbons (Fsp3) is 0.500. The summed E-state index contributed by atoms with van der Waals surface area (Å²) in [5.74, 6) is -1.75. The van der Waals surface area contributed by atoms with Crippen LogP contribution in [0.3, 0.4) is 0 Å². The molecule has 1 heterocycles. The number of urea groups is 1. The number of hydrogen-bond acceptors (Lipinski definition) is 4. The van der Waals surface area contributed by atoms with Gasteiger partial charge in [0.05, 0.1) is 0 Å². The van der Waals surface area contributed by atoms with Gasteiger partial charge < -0.3 is 15.2 Å². The lowest BCUT2D eigenvalue weighted by Crippen LogP contribution is -2.71. The van der Waals surface area contributed by atoms with Crippen molar-refractivity contribution < 1.29 is 24.2 Å². The third kappa shape index (κ3) is 4.74. The highest BCUT2D eigenvalue weighted by Crippen LogP contribution is 2.09. The molecule has 9 nitrogen and oxygen atoms in total. The van der Waals surface area contributed by atoms with Crippen LogP contribution < -0.4 is 21.3 Å². The van der Waals surface area contributed by atoms with Gasteiger partial charge in [0.25, 0.3) is 0 Å². The van der Waals surface area contributed by atoms with E-state index in [-0.39, 0.29) is 0 Å². The van der Waals surface area contributed by atoms with Crippen molar-refractivity contribution in [3.05, 3.63) is 12.3 Å². The van der Waals surface area contributed by atoms with Gasteiger partial charge in [-0.1, -0.05) is 0 Å². The molecule has 0 radical (unpaired) electrons. The van der Waals surface area contributed by atoms with Gasteiger partial charge in [0.15, 0.2) is 0 Å². The van der Waals surface area contributed by atoms with Gasteiger partial charge in [0.1, 0.15) is 5.60 Å². The monoisotopic (exact) mass is 272 g/mol. The van der Waals surface area contributed by atoms with Crippen molar-refractivity contribution in [2.24, 2.45) is 0 Å². The molecule has 0 aliphatic carbocycles. The molecule has 1 aliphatic heterocycles. The molecule has 0 aromatic rings. The van der Waals surface area contributed by atoms with Gasteiger partial charge in [-0.25, -0.2) is 14.4 Å². The Labute approximate surface area is 109 Å². The molecule has 0 spiro atoms. The van der Waals surface area contributed by atoms with Crippen molar-refractivity contribution in [2.45, 2.75) is 32.2 Å². The van der Waals surface area contributed by atoms with Gasteiger partial charge in [-0.15, -0.1) is 0 Å². The van der Waals surface area contributed by atoms with Crippen LogP contribution in [-0.2, 0) is 4.74 Å². The first kappa shape index (κ1) is 14.6. The molecule has 0 saturated carbocycles. The molecular formula is C10H16N4O5. The van der Waals surface area contributed by atoms with Crippen LogP contribution in [0.5, 0.6) is 0 Å². The minimum Gasteiger partial charge on any atom is -0.465 e. The second-order valence-corrected chi connectivity index (χ2v) is 4.80. The topological polar surface area (TPSA) is 129 Å². The first-order valence-corrected chi connectivity index (χ1v) is 5.40. The van der Waals surface area contributed by atoms with E-state index in [2.05, 4.69) is 16.0 Å². The van der Waals surface area contributed by atoms with Crippen LogP contribution in [0.25, 0.3) is 0 Å².